The summed E-state index contributed by atoms with van der Waals surface area (Å²) in [6.07, 6.45) is 8.62. The van der Waals surface area contributed by atoms with E-state index in [4.69, 9.17) is 5.73 Å². The van der Waals surface area contributed by atoms with Gasteiger partial charge in [-0.1, -0.05) is 32.1 Å². The van der Waals surface area contributed by atoms with Gasteiger partial charge in [-0.3, -0.25) is 4.79 Å². The molecule has 3 heteroatoms. The van der Waals surface area contributed by atoms with Crippen LogP contribution in [0.1, 0.15) is 60.9 Å². The Morgan fingerprint density at radius 1 is 1.16 bits per heavy atom. The summed E-state index contributed by atoms with van der Waals surface area (Å²) in [5, 5.41) is 3.18. The first kappa shape index (κ1) is 13.9. The van der Waals surface area contributed by atoms with Gasteiger partial charge in [-0.2, -0.15) is 0 Å². The number of amides is 1. The van der Waals surface area contributed by atoms with E-state index in [1.165, 1.54) is 32.1 Å². The van der Waals surface area contributed by atoms with Crippen molar-refractivity contribution in [3.63, 3.8) is 0 Å². The maximum absolute atomic E-state index is 12.3. The fraction of sp³-hybridized carbons (Fsp3) is 0.562. The minimum atomic E-state index is 0.0445. The Kier molecular flexibility index (Phi) is 4.83. The third-order valence-corrected chi connectivity index (χ3v) is 3.94. The summed E-state index contributed by atoms with van der Waals surface area (Å²) in [6, 6.07) is 5.81. The van der Waals surface area contributed by atoms with E-state index in [9.17, 15) is 4.79 Å². The maximum atomic E-state index is 12.3. The lowest BCUT2D eigenvalue weighted by Crippen LogP contribution is -2.35. The highest BCUT2D eigenvalue weighted by Crippen LogP contribution is 2.18. The number of aryl methyl sites for hydroxylation is 1. The standard InChI is InChI=1S/C16H24N2O/c1-12-11-13(17)9-10-15(12)16(19)18-14-7-5-3-2-4-6-8-14/h9-11,14H,2-8,17H2,1H3,(H,18,19). The van der Waals surface area contributed by atoms with Gasteiger partial charge >= 0.3 is 0 Å². The van der Waals surface area contributed by atoms with Gasteiger partial charge < -0.3 is 11.1 Å². The molecular weight excluding hydrogens is 236 g/mol. The molecule has 3 N–H and O–H groups in total. The highest BCUT2D eigenvalue weighted by molar-refractivity contribution is 5.96. The number of hydrogen-bond donors (Lipinski definition) is 2. The molecule has 0 heterocycles. The number of nitrogen functional groups attached to an aromatic ring is 1. The Bertz CT molecular complexity index is 434. The SMILES string of the molecule is Cc1cc(N)ccc1C(=O)NC1CCCCCCC1. The number of carbonyl (C=O) groups is 1. The van der Waals surface area contributed by atoms with E-state index in [0.717, 1.165) is 24.0 Å². The third-order valence-electron chi connectivity index (χ3n) is 3.94. The molecule has 2 rings (SSSR count). The summed E-state index contributed by atoms with van der Waals surface area (Å²) in [6.45, 7) is 1.93. The lowest BCUT2D eigenvalue weighted by atomic mass is 9.96. The van der Waals surface area contributed by atoms with Gasteiger partial charge in [0.05, 0.1) is 0 Å². The molecule has 1 aromatic rings. The van der Waals surface area contributed by atoms with Gasteiger partial charge in [0.1, 0.15) is 0 Å². The topological polar surface area (TPSA) is 55.1 Å². The van der Waals surface area contributed by atoms with Crippen molar-refractivity contribution in [2.75, 3.05) is 5.73 Å². The predicted octanol–water partition coefficient (Wildman–Crippen LogP) is 3.42. The molecule has 19 heavy (non-hydrogen) atoms. The maximum Gasteiger partial charge on any atom is 0.251 e. The van der Waals surface area contributed by atoms with Crippen LogP contribution in [0.15, 0.2) is 18.2 Å². The van der Waals surface area contributed by atoms with E-state index in [0.29, 0.717) is 11.7 Å². The average molecular weight is 260 g/mol. The van der Waals surface area contributed by atoms with Gasteiger partial charge in [0.2, 0.25) is 0 Å². The zero-order valence-electron chi connectivity index (χ0n) is 11.7. The molecule has 104 valence electrons. The summed E-state index contributed by atoms with van der Waals surface area (Å²) in [5.74, 6) is 0.0445. The molecule has 1 saturated carbocycles. The van der Waals surface area contributed by atoms with Crippen LogP contribution in [0.4, 0.5) is 5.69 Å². The zero-order valence-corrected chi connectivity index (χ0v) is 11.7. The minimum Gasteiger partial charge on any atom is -0.399 e. The van der Waals surface area contributed by atoms with Crippen molar-refractivity contribution in [1.82, 2.24) is 5.32 Å². The Balaban J connectivity index is 1.99. The summed E-state index contributed by atoms with van der Waals surface area (Å²) in [4.78, 5) is 12.3. The predicted molar refractivity (Wildman–Crippen MR) is 79.2 cm³/mol. The van der Waals surface area contributed by atoms with E-state index in [1.54, 1.807) is 6.07 Å². The monoisotopic (exact) mass is 260 g/mol. The molecule has 0 unspecified atom stereocenters. The molecule has 1 aliphatic carbocycles. The molecule has 1 aromatic carbocycles. The highest BCUT2D eigenvalue weighted by atomic mass is 16.1. The Morgan fingerprint density at radius 3 is 2.42 bits per heavy atom. The molecular formula is C16H24N2O. The second-order valence-electron chi connectivity index (χ2n) is 5.59. The van der Waals surface area contributed by atoms with Crippen molar-refractivity contribution >= 4 is 11.6 Å². The Hall–Kier alpha value is -1.51. The van der Waals surface area contributed by atoms with Crippen LogP contribution in [0.2, 0.25) is 0 Å². The van der Waals surface area contributed by atoms with Gasteiger partial charge in [0, 0.05) is 17.3 Å². The van der Waals surface area contributed by atoms with Crippen molar-refractivity contribution in [1.29, 1.82) is 0 Å². The Labute approximate surface area is 115 Å². The van der Waals surface area contributed by atoms with E-state index in [1.807, 2.05) is 19.1 Å². The second kappa shape index (κ2) is 6.60. The summed E-state index contributed by atoms with van der Waals surface area (Å²) < 4.78 is 0. The van der Waals surface area contributed by atoms with E-state index in [-0.39, 0.29) is 5.91 Å². The molecule has 0 aromatic heterocycles. The molecule has 0 bridgehead atoms. The van der Waals surface area contributed by atoms with Crippen molar-refractivity contribution in [3.05, 3.63) is 29.3 Å². The quantitative estimate of drug-likeness (QED) is 0.800. The summed E-state index contributed by atoms with van der Waals surface area (Å²) >= 11 is 0. The number of benzene rings is 1. The summed E-state index contributed by atoms with van der Waals surface area (Å²) in [5.41, 5.74) is 8.12. The number of hydrogen-bond acceptors (Lipinski definition) is 2. The first-order valence-corrected chi connectivity index (χ1v) is 7.34. The highest BCUT2D eigenvalue weighted by Gasteiger charge is 2.16. The van der Waals surface area contributed by atoms with Gasteiger partial charge in [-0.05, 0) is 43.5 Å². The number of rotatable bonds is 2. The van der Waals surface area contributed by atoms with Crippen LogP contribution in [0, 0.1) is 6.92 Å². The van der Waals surface area contributed by atoms with Crippen LogP contribution in [0.3, 0.4) is 0 Å². The van der Waals surface area contributed by atoms with Gasteiger partial charge in [-0.25, -0.2) is 0 Å². The van der Waals surface area contributed by atoms with Gasteiger partial charge in [0.25, 0.3) is 5.91 Å². The number of anilines is 1. The molecule has 0 aliphatic heterocycles. The number of nitrogens with one attached hydrogen (secondary N) is 1. The van der Waals surface area contributed by atoms with Crippen LogP contribution < -0.4 is 11.1 Å². The van der Waals surface area contributed by atoms with Crippen molar-refractivity contribution in [3.8, 4) is 0 Å². The molecule has 1 fully saturated rings. The number of carbonyl (C=O) groups excluding carboxylic acids is 1. The average Bonchev–Trinajstić information content (AvgIpc) is 2.32. The smallest absolute Gasteiger partial charge is 0.251 e. The van der Waals surface area contributed by atoms with E-state index < -0.39 is 0 Å². The van der Waals surface area contributed by atoms with Crippen LogP contribution in [0.25, 0.3) is 0 Å². The lowest BCUT2D eigenvalue weighted by molar-refractivity contribution is 0.0930. The van der Waals surface area contributed by atoms with Gasteiger partial charge in [0.15, 0.2) is 0 Å². The molecule has 0 radical (unpaired) electrons. The van der Waals surface area contributed by atoms with E-state index >= 15 is 0 Å². The molecule has 0 spiro atoms. The van der Waals surface area contributed by atoms with Gasteiger partial charge in [-0.15, -0.1) is 0 Å². The van der Waals surface area contributed by atoms with E-state index in [2.05, 4.69) is 5.32 Å². The third kappa shape index (κ3) is 3.98. The lowest BCUT2D eigenvalue weighted by Gasteiger charge is -2.21. The first-order chi connectivity index (χ1) is 9.16. The van der Waals surface area contributed by atoms with Crippen molar-refractivity contribution in [2.45, 2.75) is 57.9 Å². The van der Waals surface area contributed by atoms with Crippen LogP contribution in [-0.4, -0.2) is 11.9 Å². The molecule has 1 amide bonds. The second-order valence-corrected chi connectivity index (χ2v) is 5.59. The summed E-state index contributed by atoms with van der Waals surface area (Å²) in [7, 11) is 0. The van der Waals surface area contributed by atoms with Crippen LogP contribution in [0.5, 0.6) is 0 Å². The zero-order chi connectivity index (χ0) is 13.7. The first-order valence-electron chi connectivity index (χ1n) is 7.34. The minimum absolute atomic E-state index is 0.0445. The van der Waals surface area contributed by atoms with Crippen LogP contribution in [-0.2, 0) is 0 Å². The van der Waals surface area contributed by atoms with Crippen molar-refractivity contribution < 1.29 is 4.79 Å². The fourth-order valence-corrected chi connectivity index (χ4v) is 2.81. The normalized spacial score (nSPS) is 17.5. The number of nitrogens with two attached hydrogens (primary N) is 1. The molecule has 0 atom stereocenters. The molecule has 1 aliphatic rings. The largest absolute Gasteiger partial charge is 0.399 e. The Morgan fingerprint density at radius 2 is 1.79 bits per heavy atom. The van der Waals surface area contributed by atoms with Crippen molar-refractivity contribution in [2.24, 2.45) is 0 Å². The molecule has 3 nitrogen and oxygen atoms in total. The fourth-order valence-electron chi connectivity index (χ4n) is 2.81. The molecule has 0 saturated heterocycles. The van der Waals surface area contributed by atoms with Crippen LogP contribution >= 0.6 is 0 Å².